The summed E-state index contributed by atoms with van der Waals surface area (Å²) in [6.45, 7) is 5.50. The van der Waals surface area contributed by atoms with Crippen LogP contribution >= 0.6 is 12.4 Å². The van der Waals surface area contributed by atoms with Gasteiger partial charge in [-0.1, -0.05) is 19.0 Å². The predicted octanol–water partition coefficient (Wildman–Crippen LogP) is 1.50. The number of amides is 1. The average molecular weight is 303 g/mol. The van der Waals surface area contributed by atoms with Crippen molar-refractivity contribution in [3.8, 4) is 0 Å². The van der Waals surface area contributed by atoms with E-state index >= 15 is 0 Å². The second-order valence-corrected chi connectivity index (χ2v) is 5.44. The number of carbonyl (C=O) groups excluding carboxylic acids is 1. The highest BCUT2D eigenvalue weighted by molar-refractivity contribution is 5.85. The fraction of sp³-hybridized carbons (Fsp3) is 0.769. The van der Waals surface area contributed by atoms with Gasteiger partial charge in [-0.25, -0.2) is 0 Å². The summed E-state index contributed by atoms with van der Waals surface area (Å²) in [5.41, 5.74) is 5.87. The molecule has 20 heavy (non-hydrogen) atoms. The normalized spacial score (nSPS) is 19.0. The van der Waals surface area contributed by atoms with Crippen LogP contribution in [0, 0.1) is 0 Å². The van der Waals surface area contributed by atoms with Gasteiger partial charge in [-0.15, -0.1) is 12.4 Å². The number of rotatable bonds is 4. The zero-order valence-corrected chi connectivity index (χ0v) is 12.9. The number of nitrogens with zero attached hydrogens (tertiary/aromatic N) is 3. The number of piperidine rings is 1. The Hall–Kier alpha value is -1.14. The van der Waals surface area contributed by atoms with E-state index in [9.17, 15) is 4.79 Å². The van der Waals surface area contributed by atoms with Gasteiger partial charge in [-0.2, -0.15) is 4.98 Å². The van der Waals surface area contributed by atoms with Gasteiger partial charge in [0.15, 0.2) is 5.82 Å². The Morgan fingerprint density at radius 1 is 1.55 bits per heavy atom. The third-order valence-electron chi connectivity index (χ3n) is 3.36. The summed E-state index contributed by atoms with van der Waals surface area (Å²) >= 11 is 0. The van der Waals surface area contributed by atoms with E-state index in [1.807, 2.05) is 18.7 Å². The largest absolute Gasteiger partial charge is 0.341 e. The lowest BCUT2D eigenvalue weighted by Crippen LogP contribution is -2.45. The molecule has 1 aromatic rings. The van der Waals surface area contributed by atoms with Crippen molar-refractivity contribution in [2.45, 2.75) is 51.5 Å². The van der Waals surface area contributed by atoms with Gasteiger partial charge in [-0.05, 0) is 12.8 Å². The molecule has 0 aliphatic carbocycles. The van der Waals surface area contributed by atoms with Crippen molar-refractivity contribution in [3.63, 3.8) is 0 Å². The Kier molecular flexibility index (Phi) is 6.42. The third kappa shape index (κ3) is 4.45. The molecule has 0 bridgehead atoms. The second-order valence-electron chi connectivity index (χ2n) is 5.44. The van der Waals surface area contributed by atoms with E-state index in [1.165, 1.54) is 0 Å². The molecule has 0 saturated carbocycles. The summed E-state index contributed by atoms with van der Waals surface area (Å²) in [4.78, 5) is 18.1. The number of nitrogens with two attached hydrogens (primary N) is 1. The minimum absolute atomic E-state index is 0. The molecule has 1 aliphatic heterocycles. The maximum Gasteiger partial charge on any atom is 0.227 e. The predicted molar refractivity (Wildman–Crippen MR) is 77.7 cm³/mol. The maximum atomic E-state index is 12.0. The van der Waals surface area contributed by atoms with Crippen LogP contribution in [0.5, 0.6) is 0 Å². The first kappa shape index (κ1) is 16.9. The van der Waals surface area contributed by atoms with Crippen molar-refractivity contribution in [1.82, 2.24) is 15.0 Å². The van der Waals surface area contributed by atoms with Crippen LogP contribution in [0.15, 0.2) is 4.52 Å². The monoisotopic (exact) mass is 302 g/mol. The van der Waals surface area contributed by atoms with Crippen molar-refractivity contribution < 1.29 is 9.32 Å². The molecule has 1 amide bonds. The Morgan fingerprint density at radius 2 is 2.30 bits per heavy atom. The van der Waals surface area contributed by atoms with E-state index in [0.29, 0.717) is 31.1 Å². The topological polar surface area (TPSA) is 85.2 Å². The van der Waals surface area contributed by atoms with Crippen molar-refractivity contribution in [1.29, 1.82) is 0 Å². The fourth-order valence-corrected chi connectivity index (χ4v) is 2.21. The van der Waals surface area contributed by atoms with Crippen LogP contribution in [-0.4, -0.2) is 40.1 Å². The first-order valence-electron chi connectivity index (χ1n) is 6.92. The van der Waals surface area contributed by atoms with E-state index in [4.69, 9.17) is 10.3 Å². The standard InChI is InChI=1S/C13H22N4O2.ClH/c1-9(2)13-15-11(19-16-13)5-6-12(18)17-7-3-4-10(14)8-17;/h9-10H,3-8,14H2,1-2H3;1H. The molecule has 1 fully saturated rings. The van der Waals surface area contributed by atoms with Gasteiger partial charge in [0.1, 0.15) is 0 Å². The molecule has 1 atom stereocenters. The molecule has 6 nitrogen and oxygen atoms in total. The first-order valence-corrected chi connectivity index (χ1v) is 6.92. The smallest absolute Gasteiger partial charge is 0.227 e. The lowest BCUT2D eigenvalue weighted by Gasteiger charge is -2.30. The number of hydrogen-bond donors (Lipinski definition) is 1. The van der Waals surface area contributed by atoms with Gasteiger partial charge in [0.05, 0.1) is 0 Å². The minimum atomic E-state index is 0. The third-order valence-corrected chi connectivity index (χ3v) is 3.36. The van der Waals surface area contributed by atoms with Gasteiger partial charge >= 0.3 is 0 Å². The lowest BCUT2D eigenvalue weighted by atomic mass is 10.1. The number of hydrogen-bond acceptors (Lipinski definition) is 5. The molecule has 0 spiro atoms. The molecule has 2 rings (SSSR count). The van der Waals surface area contributed by atoms with E-state index < -0.39 is 0 Å². The zero-order chi connectivity index (χ0) is 13.8. The summed E-state index contributed by atoms with van der Waals surface area (Å²) < 4.78 is 5.13. The summed E-state index contributed by atoms with van der Waals surface area (Å²) in [5.74, 6) is 1.61. The first-order chi connectivity index (χ1) is 9.06. The van der Waals surface area contributed by atoms with Crippen molar-refractivity contribution in [3.05, 3.63) is 11.7 Å². The highest BCUT2D eigenvalue weighted by Gasteiger charge is 2.21. The Bertz CT molecular complexity index is 436. The number of aromatic nitrogens is 2. The van der Waals surface area contributed by atoms with Gasteiger partial charge in [0.25, 0.3) is 0 Å². The summed E-state index contributed by atoms with van der Waals surface area (Å²) in [5, 5.41) is 3.89. The average Bonchev–Trinajstić information content (AvgIpc) is 2.85. The molecule has 2 N–H and O–H groups in total. The van der Waals surface area contributed by atoms with Crippen LogP contribution in [-0.2, 0) is 11.2 Å². The highest BCUT2D eigenvalue weighted by atomic mass is 35.5. The molecular formula is C13H23ClN4O2. The van der Waals surface area contributed by atoms with Crippen LogP contribution in [0.4, 0.5) is 0 Å². The number of halogens is 1. The molecule has 7 heteroatoms. The minimum Gasteiger partial charge on any atom is -0.341 e. The lowest BCUT2D eigenvalue weighted by molar-refractivity contribution is -0.132. The molecule has 0 aromatic carbocycles. The van der Waals surface area contributed by atoms with Crippen molar-refractivity contribution >= 4 is 18.3 Å². The molecule has 114 valence electrons. The fourth-order valence-electron chi connectivity index (χ4n) is 2.21. The van der Waals surface area contributed by atoms with E-state index in [0.717, 1.165) is 19.4 Å². The summed E-state index contributed by atoms with van der Waals surface area (Å²) in [6.07, 6.45) is 2.91. The maximum absolute atomic E-state index is 12.0. The Labute approximate surface area is 125 Å². The van der Waals surface area contributed by atoms with Gasteiger partial charge < -0.3 is 15.2 Å². The molecular weight excluding hydrogens is 280 g/mol. The van der Waals surface area contributed by atoms with E-state index in [-0.39, 0.29) is 30.3 Å². The molecule has 1 aliphatic rings. The number of carbonyl (C=O) groups is 1. The van der Waals surface area contributed by atoms with E-state index in [1.54, 1.807) is 0 Å². The van der Waals surface area contributed by atoms with Crippen molar-refractivity contribution in [2.75, 3.05) is 13.1 Å². The zero-order valence-electron chi connectivity index (χ0n) is 12.0. The van der Waals surface area contributed by atoms with Crippen LogP contribution < -0.4 is 5.73 Å². The molecule has 1 saturated heterocycles. The molecule has 1 aromatic heterocycles. The van der Waals surface area contributed by atoms with Crippen LogP contribution in [0.25, 0.3) is 0 Å². The summed E-state index contributed by atoms with van der Waals surface area (Å²) in [7, 11) is 0. The van der Waals surface area contributed by atoms with Gasteiger partial charge in [0, 0.05) is 37.9 Å². The molecule has 0 radical (unpaired) electrons. The molecule has 1 unspecified atom stereocenters. The van der Waals surface area contributed by atoms with Crippen LogP contribution in [0.1, 0.15) is 50.7 Å². The van der Waals surface area contributed by atoms with Gasteiger partial charge in [0.2, 0.25) is 11.8 Å². The Balaban J connectivity index is 0.00000200. The summed E-state index contributed by atoms with van der Waals surface area (Å²) in [6, 6.07) is 0.119. The number of likely N-dealkylation sites (tertiary alicyclic amines) is 1. The second kappa shape index (κ2) is 7.59. The highest BCUT2D eigenvalue weighted by Crippen LogP contribution is 2.13. The van der Waals surface area contributed by atoms with Gasteiger partial charge in [-0.3, -0.25) is 4.79 Å². The molecule has 2 heterocycles. The SMILES string of the molecule is CC(C)c1noc(CCC(=O)N2CCCC(N)C2)n1.Cl. The Morgan fingerprint density at radius 3 is 2.90 bits per heavy atom. The quantitative estimate of drug-likeness (QED) is 0.911. The van der Waals surface area contributed by atoms with Crippen molar-refractivity contribution in [2.24, 2.45) is 5.73 Å². The van der Waals surface area contributed by atoms with Crippen LogP contribution in [0.2, 0.25) is 0 Å². The van der Waals surface area contributed by atoms with Crippen LogP contribution in [0.3, 0.4) is 0 Å². The van der Waals surface area contributed by atoms with E-state index in [2.05, 4.69) is 10.1 Å². The number of aryl methyl sites for hydroxylation is 1.